The van der Waals surface area contributed by atoms with Crippen molar-refractivity contribution in [3.8, 4) is 17.0 Å². The number of fused-ring (bicyclic) bond motifs is 3. The van der Waals surface area contributed by atoms with Gasteiger partial charge in [-0.2, -0.15) is 5.10 Å². The van der Waals surface area contributed by atoms with Gasteiger partial charge in [-0.05, 0) is 45.0 Å². The van der Waals surface area contributed by atoms with E-state index in [1.807, 2.05) is 20.8 Å². The molecule has 2 aromatic carbocycles. The van der Waals surface area contributed by atoms with E-state index in [1.165, 1.54) is 11.0 Å². The third-order valence-electron chi connectivity index (χ3n) is 5.37. The molecular formula is C25H26ClFN4O3. The summed E-state index contributed by atoms with van der Waals surface area (Å²) in [6, 6.07) is 11.4. The zero-order valence-electron chi connectivity index (χ0n) is 19.5. The first-order valence-corrected chi connectivity index (χ1v) is 11.2. The molecule has 1 aliphatic heterocycles. The van der Waals surface area contributed by atoms with E-state index in [4.69, 9.17) is 16.3 Å². The van der Waals surface area contributed by atoms with E-state index in [-0.39, 0.29) is 31.3 Å². The lowest BCUT2D eigenvalue weighted by Gasteiger charge is -2.26. The lowest BCUT2D eigenvalue weighted by atomic mass is 10.0. The number of aryl methyl sites for hydroxylation is 1. The zero-order chi connectivity index (χ0) is 24.6. The Morgan fingerprint density at radius 1 is 1.24 bits per heavy atom. The number of benzene rings is 2. The van der Waals surface area contributed by atoms with Gasteiger partial charge in [0.1, 0.15) is 24.7 Å². The number of nitrogens with one attached hydrogen (secondary N) is 1. The van der Waals surface area contributed by atoms with E-state index in [1.54, 1.807) is 48.1 Å². The summed E-state index contributed by atoms with van der Waals surface area (Å²) in [6.07, 6.45) is 0. The summed E-state index contributed by atoms with van der Waals surface area (Å²) in [6.45, 7) is 5.35. The fourth-order valence-electron chi connectivity index (χ4n) is 3.99. The second kappa shape index (κ2) is 9.10. The quantitative estimate of drug-likeness (QED) is 0.585. The molecule has 178 valence electrons. The predicted octanol–water partition coefficient (Wildman–Crippen LogP) is 4.33. The van der Waals surface area contributed by atoms with Gasteiger partial charge in [0.15, 0.2) is 5.69 Å². The number of nitrogens with zero attached hydrogens (tertiary/aromatic N) is 3. The predicted molar refractivity (Wildman–Crippen MR) is 127 cm³/mol. The molecule has 9 heteroatoms. The van der Waals surface area contributed by atoms with Gasteiger partial charge < -0.3 is 15.0 Å². The Labute approximate surface area is 202 Å². The van der Waals surface area contributed by atoms with Gasteiger partial charge in [-0.1, -0.05) is 29.8 Å². The molecule has 34 heavy (non-hydrogen) atoms. The molecule has 0 saturated carbocycles. The molecule has 0 bridgehead atoms. The van der Waals surface area contributed by atoms with E-state index in [9.17, 15) is 14.0 Å². The van der Waals surface area contributed by atoms with Crippen LogP contribution in [-0.2, 0) is 25.0 Å². The average Bonchev–Trinajstić information content (AvgIpc) is 3.10. The molecule has 0 atom stereocenters. The normalized spacial score (nSPS) is 12.4. The van der Waals surface area contributed by atoms with Gasteiger partial charge in [0.25, 0.3) is 5.91 Å². The highest BCUT2D eigenvalue weighted by Gasteiger charge is 2.32. The standard InChI is InChI=1S/C25H26ClFN4O3/c1-25(2,3)28-21(32)13-31(12-15-7-5-6-8-19(15)27)24(33)22-18-14-34-20-10-9-16(26)11-17(20)23(18)30(4)29-22/h5-11H,12-14H2,1-4H3,(H,28,32). The van der Waals surface area contributed by atoms with Crippen LogP contribution in [0.1, 0.15) is 42.4 Å². The number of halogens is 2. The largest absolute Gasteiger partial charge is 0.488 e. The Balaban J connectivity index is 1.71. The zero-order valence-corrected chi connectivity index (χ0v) is 20.2. The lowest BCUT2D eigenvalue weighted by Crippen LogP contribution is -2.47. The molecule has 0 unspecified atom stereocenters. The highest BCUT2D eigenvalue weighted by molar-refractivity contribution is 6.31. The highest BCUT2D eigenvalue weighted by atomic mass is 35.5. The molecular weight excluding hydrogens is 459 g/mol. The second-order valence-corrected chi connectivity index (χ2v) is 9.72. The molecule has 0 aliphatic carbocycles. The van der Waals surface area contributed by atoms with Crippen molar-refractivity contribution in [3.05, 3.63) is 70.1 Å². The fraction of sp³-hybridized carbons (Fsp3) is 0.320. The summed E-state index contributed by atoms with van der Waals surface area (Å²) in [4.78, 5) is 27.7. The van der Waals surface area contributed by atoms with Gasteiger partial charge in [0.2, 0.25) is 5.91 Å². The molecule has 0 fully saturated rings. The fourth-order valence-corrected chi connectivity index (χ4v) is 4.16. The maximum Gasteiger partial charge on any atom is 0.275 e. The highest BCUT2D eigenvalue weighted by Crippen LogP contribution is 2.40. The molecule has 1 N–H and O–H groups in total. The monoisotopic (exact) mass is 484 g/mol. The molecule has 0 saturated heterocycles. The van der Waals surface area contributed by atoms with Crippen molar-refractivity contribution in [2.24, 2.45) is 7.05 Å². The Kier molecular flexibility index (Phi) is 6.36. The van der Waals surface area contributed by atoms with Gasteiger partial charge in [-0.3, -0.25) is 14.3 Å². The summed E-state index contributed by atoms with van der Waals surface area (Å²) in [7, 11) is 1.74. The minimum Gasteiger partial charge on any atom is -0.488 e. The van der Waals surface area contributed by atoms with Crippen LogP contribution in [0.25, 0.3) is 11.3 Å². The van der Waals surface area contributed by atoms with E-state index >= 15 is 0 Å². The first kappa shape index (κ1) is 23.8. The number of aromatic nitrogens is 2. The number of ether oxygens (including phenoxy) is 1. The smallest absolute Gasteiger partial charge is 0.275 e. The molecule has 7 nitrogen and oxygen atoms in total. The summed E-state index contributed by atoms with van der Waals surface area (Å²) in [5.74, 6) is -0.647. The van der Waals surface area contributed by atoms with Crippen molar-refractivity contribution >= 4 is 23.4 Å². The van der Waals surface area contributed by atoms with Crippen LogP contribution in [0.5, 0.6) is 5.75 Å². The van der Waals surface area contributed by atoms with E-state index in [0.717, 1.165) is 11.3 Å². The number of hydrogen-bond acceptors (Lipinski definition) is 4. The summed E-state index contributed by atoms with van der Waals surface area (Å²) >= 11 is 6.19. The second-order valence-electron chi connectivity index (χ2n) is 9.28. The lowest BCUT2D eigenvalue weighted by molar-refractivity contribution is -0.123. The van der Waals surface area contributed by atoms with Crippen LogP contribution < -0.4 is 10.1 Å². The Bertz CT molecular complexity index is 1270. The van der Waals surface area contributed by atoms with Crippen molar-refractivity contribution in [1.82, 2.24) is 20.0 Å². The van der Waals surface area contributed by atoms with Crippen LogP contribution in [0.15, 0.2) is 42.5 Å². The minimum atomic E-state index is -0.488. The van der Waals surface area contributed by atoms with E-state index in [2.05, 4.69) is 10.4 Å². The van der Waals surface area contributed by atoms with Gasteiger partial charge in [0.05, 0.1) is 5.69 Å². The summed E-state index contributed by atoms with van der Waals surface area (Å²) < 4.78 is 21.9. The van der Waals surface area contributed by atoms with Crippen LogP contribution in [0.4, 0.5) is 4.39 Å². The first-order chi connectivity index (χ1) is 16.0. The van der Waals surface area contributed by atoms with Crippen LogP contribution in [0.2, 0.25) is 5.02 Å². The van der Waals surface area contributed by atoms with Crippen LogP contribution in [0, 0.1) is 5.82 Å². The van der Waals surface area contributed by atoms with Gasteiger partial charge >= 0.3 is 0 Å². The number of hydrogen-bond donors (Lipinski definition) is 1. The van der Waals surface area contributed by atoms with Crippen LogP contribution in [0.3, 0.4) is 0 Å². The molecule has 1 aliphatic rings. The van der Waals surface area contributed by atoms with Gasteiger partial charge in [0, 0.05) is 40.8 Å². The SMILES string of the molecule is Cn1nc(C(=O)N(CC(=O)NC(C)(C)C)Cc2ccccc2F)c2c1-c1cc(Cl)ccc1OC2. The van der Waals surface area contributed by atoms with Crippen molar-refractivity contribution < 1.29 is 18.7 Å². The molecule has 1 aromatic heterocycles. The number of carbonyl (C=O) groups is 2. The Morgan fingerprint density at radius 3 is 2.68 bits per heavy atom. The Morgan fingerprint density at radius 2 is 1.97 bits per heavy atom. The molecule has 0 radical (unpaired) electrons. The maximum absolute atomic E-state index is 14.4. The first-order valence-electron chi connectivity index (χ1n) is 10.9. The van der Waals surface area contributed by atoms with Gasteiger partial charge in [-0.25, -0.2) is 4.39 Å². The van der Waals surface area contributed by atoms with E-state index < -0.39 is 17.3 Å². The Hall–Kier alpha value is -3.39. The summed E-state index contributed by atoms with van der Waals surface area (Å²) in [5, 5.41) is 7.85. The van der Waals surface area contributed by atoms with Crippen molar-refractivity contribution in [1.29, 1.82) is 0 Å². The average molecular weight is 485 g/mol. The van der Waals surface area contributed by atoms with Gasteiger partial charge in [-0.15, -0.1) is 0 Å². The van der Waals surface area contributed by atoms with E-state index in [0.29, 0.717) is 21.9 Å². The third-order valence-corrected chi connectivity index (χ3v) is 5.61. The summed E-state index contributed by atoms with van der Waals surface area (Å²) in [5.41, 5.74) is 2.02. The maximum atomic E-state index is 14.4. The minimum absolute atomic E-state index is 0.0856. The van der Waals surface area contributed by atoms with Crippen LogP contribution in [-0.4, -0.2) is 38.6 Å². The molecule has 2 amide bonds. The number of carbonyl (C=O) groups excluding carboxylic acids is 2. The number of amides is 2. The van der Waals surface area contributed by atoms with Crippen molar-refractivity contribution in [2.75, 3.05) is 6.54 Å². The molecule has 3 aromatic rings. The topological polar surface area (TPSA) is 76.5 Å². The molecule has 0 spiro atoms. The molecule has 4 rings (SSSR count). The van der Waals surface area contributed by atoms with Crippen LogP contribution >= 0.6 is 11.6 Å². The third kappa shape index (κ3) is 4.92. The van der Waals surface area contributed by atoms with Crippen molar-refractivity contribution in [2.45, 2.75) is 39.5 Å². The number of rotatable bonds is 5. The molecule has 2 heterocycles. The van der Waals surface area contributed by atoms with Crippen molar-refractivity contribution in [3.63, 3.8) is 0 Å².